The number of carbonyl (C=O) groups is 1. The van der Waals surface area contributed by atoms with E-state index in [-0.39, 0.29) is 12.5 Å². The third-order valence-electron chi connectivity index (χ3n) is 7.13. The molecule has 39 heavy (non-hydrogen) atoms. The summed E-state index contributed by atoms with van der Waals surface area (Å²) in [5.74, 6) is 1.29. The zero-order chi connectivity index (χ0) is 27.9. The van der Waals surface area contributed by atoms with E-state index in [1.54, 1.807) is 13.8 Å². The molecule has 0 saturated carbocycles. The van der Waals surface area contributed by atoms with E-state index in [9.17, 15) is 9.90 Å². The van der Waals surface area contributed by atoms with E-state index in [0.717, 1.165) is 11.3 Å². The van der Waals surface area contributed by atoms with Crippen LogP contribution >= 0.6 is 23.2 Å². The van der Waals surface area contributed by atoms with Crippen LogP contribution in [0.3, 0.4) is 0 Å². The van der Waals surface area contributed by atoms with Gasteiger partial charge in [-0.15, -0.1) is 0 Å². The van der Waals surface area contributed by atoms with Crippen LogP contribution in [-0.2, 0) is 4.79 Å². The van der Waals surface area contributed by atoms with Gasteiger partial charge in [0.05, 0.1) is 10.6 Å². The molecular weight excluding hydrogens is 537 g/mol. The van der Waals surface area contributed by atoms with Gasteiger partial charge in [-0.1, -0.05) is 42.3 Å². The van der Waals surface area contributed by atoms with Gasteiger partial charge in [-0.3, -0.25) is 9.36 Å². The number of primary amides is 1. The molecule has 1 aliphatic heterocycles. The Hall–Kier alpha value is -3.40. The summed E-state index contributed by atoms with van der Waals surface area (Å²) in [5.41, 5.74) is 6.85. The number of aromatic nitrogens is 4. The molecule has 3 heterocycles. The number of imidazole rings is 1. The van der Waals surface area contributed by atoms with Gasteiger partial charge in [0.15, 0.2) is 17.0 Å². The van der Waals surface area contributed by atoms with Gasteiger partial charge in [-0.2, -0.15) is 9.97 Å². The lowest BCUT2D eigenvalue weighted by molar-refractivity contribution is -0.127. The molecule has 0 atom stereocenters. The number of nitrogens with one attached hydrogen (secondary N) is 1. The van der Waals surface area contributed by atoms with Crippen LogP contribution in [0.15, 0.2) is 48.5 Å². The normalized spacial score (nSPS) is 15.5. The summed E-state index contributed by atoms with van der Waals surface area (Å²) in [6, 6.07) is 14.9. The monoisotopic (exact) mass is 567 g/mol. The lowest BCUT2D eigenvalue weighted by Gasteiger charge is -2.37. The number of aliphatic hydroxyl groups is 1. The van der Waals surface area contributed by atoms with E-state index in [4.69, 9.17) is 43.9 Å². The van der Waals surface area contributed by atoms with Gasteiger partial charge in [0.1, 0.15) is 5.82 Å². The highest BCUT2D eigenvalue weighted by Gasteiger charge is 2.37. The lowest BCUT2D eigenvalue weighted by atomic mass is 9.80. The van der Waals surface area contributed by atoms with E-state index in [1.807, 2.05) is 60.0 Å². The summed E-state index contributed by atoms with van der Waals surface area (Å²) in [6.45, 7) is 6.72. The minimum absolute atomic E-state index is 0.240. The zero-order valence-electron chi connectivity index (χ0n) is 22.1. The Morgan fingerprint density at radius 2 is 1.74 bits per heavy atom. The van der Waals surface area contributed by atoms with Gasteiger partial charge < -0.3 is 21.1 Å². The summed E-state index contributed by atoms with van der Waals surface area (Å²) < 4.78 is 1.94. The molecule has 1 fully saturated rings. The molecule has 5 rings (SSSR count). The second-order valence-electron chi connectivity index (χ2n) is 10.8. The Balaban J connectivity index is 1.73. The number of anilines is 2. The smallest absolute Gasteiger partial charge is 0.226 e. The Bertz CT molecular complexity index is 1520. The summed E-state index contributed by atoms with van der Waals surface area (Å²) in [5, 5.41) is 14.7. The van der Waals surface area contributed by atoms with Crippen molar-refractivity contribution in [3.8, 4) is 17.1 Å². The van der Waals surface area contributed by atoms with E-state index in [0.29, 0.717) is 64.7 Å². The van der Waals surface area contributed by atoms with Crippen LogP contribution in [0.1, 0.15) is 33.6 Å². The Kier molecular flexibility index (Phi) is 7.17. The van der Waals surface area contributed by atoms with Crippen molar-refractivity contribution >= 4 is 52.0 Å². The molecule has 204 valence electrons. The molecular formula is C28H31Cl2N7O2. The highest BCUT2D eigenvalue weighted by molar-refractivity contribution is 6.33. The van der Waals surface area contributed by atoms with Gasteiger partial charge in [0.25, 0.3) is 0 Å². The largest absolute Gasteiger partial charge is 0.389 e. The fourth-order valence-corrected chi connectivity index (χ4v) is 5.00. The van der Waals surface area contributed by atoms with Crippen molar-refractivity contribution in [1.82, 2.24) is 19.5 Å². The maximum atomic E-state index is 12.1. The molecule has 2 aromatic heterocycles. The standard InChI is InChI=1S/C28H31Cl2N7O2/c1-27(2,39)16-32-26-34-23(36-14-12-28(3,13-15-36)25(31)38)21-24(35-26)37(18-10-8-17(29)9-11-18)22(33-21)19-6-4-5-7-20(19)30/h4-11,39H,12-16H2,1-3H3,(H2,31,38)(H,32,34,35). The number of carbonyl (C=O) groups excluding carboxylic acids is 1. The highest BCUT2D eigenvalue weighted by Crippen LogP contribution is 2.38. The van der Waals surface area contributed by atoms with Gasteiger partial charge in [-0.05, 0) is 63.1 Å². The Labute approximate surface area is 237 Å². The molecule has 11 heteroatoms. The van der Waals surface area contributed by atoms with Crippen molar-refractivity contribution < 1.29 is 9.90 Å². The Morgan fingerprint density at radius 3 is 2.36 bits per heavy atom. The third-order valence-corrected chi connectivity index (χ3v) is 7.71. The van der Waals surface area contributed by atoms with Crippen LogP contribution in [-0.4, -0.2) is 55.8 Å². The molecule has 0 bridgehead atoms. The fourth-order valence-electron chi connectivity index (χ4n) is 4.65. The lowest BCUT2D eigenvalue weighted by Crippen LogP contribution is -2.45. The number of benzene rings is 2. The maximum Gasteiger partial charge on any atom is 0.226 e. The molecule has 4 aromatic rings. The average Bonchev–Trinajstić information content (AvgIpc) is 3.27. The second-order valence-corrected chi connectivity index (χ2v) is 11.7. The summed E-state index contributed by atoms with van der Waals surface area (Å²) >= 11 is 12.9. The average molecular weight is 569 g/mol. The second kappa shape index (κ2) is 10.3. The molecule has 1 aliphatic rings. The quantitative estimate of drug-likeness (QED) is 0.285. The predicted molar refractivity (Wildman–Crippen MR) is 156 cm³/mol. The number of hydrogen-bond donors (Lipinski definition) is 3. The fraction of sp³-hybridized carbons (Fsp3) is 0.357. The molecule has 0 radical (unpaired) electrons. The first-order valence-corrected chi connectivity index (χ1v) is 13.5. The number of halogens is 2. The number of piperidine rings is 1. The number of hydrogen-bond acceptors (Lipinski definition) is 7. The van der Waals surface area contributed by atoms with Crippen LogP contribution in [0, 0.1) is 5.41 Å². The van der Waals surface area contributed by atoms with Gasteiger partial charge in [0, 0.05) is 41.3 Å². The number of amides is 1. The van der Waals surface area contributed by atoms with E-state index < -0.39 is 11.0 Å². The van der Waals surface area contributed by atoms with Crippen molar-refractivity contribution in [2.24, 2.45) is 11.1 Å². The SMILES string of the molecule is CC(C)(O)CNc1nc(N2CCC(C)(C(N)=O)CC2)c2nc(-c3ccccc3Cl)n(-c3ccc(Cl)cc3)c2n1. The van der Waals surface area contributed by atoms with E-state index >= 15 is 0 Å². The third kappa shape index (κ3) is 5.52. The number of nitrogens with zero attached hydrogens (tertiary/aromatic N) is 5. The summed E-state index contributed by atoms with van der Waals surface area (Å²) in [4.78, 5) is 28.9. The van der Waals surface area contributed by atoms with Crippen molar-refractivity contribution in [1.29, 1.82) is 0 Å². The first-order chi connectivity index (χ1) is 18.4. The van der Waals surface area contributed by atoms with Crippen LogP contribution in [0.25, 0.3) is 28.2 Å². The van der Waals surface area contributed by atoms with E-state index in [1.165, 1.54) is 0 Å². The summed E-state index contributed by atoms with van der Waals surface area (Å²) in [6.07, 6.45) is 1.19. The molecule has 0 aliphatic carbocycles. The topological polar surface area (TPSA) is 122 Å². The number of rotatable bonds is 7. The van der Waals surface area contributed by atoms with Crippen molar-refractivity contribution in [3.05, 3.63) is 58.6 Å². The first-order valence-electron chi connectivity index (χ1n) is 12.8. The summed E-state index contributed by atoms with van der Waals surface area (Å²) in [7, 11) is 0. The molecule has 0 unspecified atom stereocenters. The van der Waals surface area contributed by atoms with Crippen LogP contribution < -0.4 is 16.0 Å². The van der Waals surface area contributed by atoms with Crippen molar-refractivity contribution in [2.75, 3.05) is 29.9 Å². The molecule has 2 aromatic carbocycles. The number of nitrogens with two attached hydrogens (primary N) is 1. The zero-order valence-corrected chi connectivity index (χ0v) is 23.6. The van der Waals surface area contributed by atoms with Crippen molar-refractivity contribution in [2.45, 2.75) is 39.2 Å². The molecule has 0 spiro atoms. The molecule has 1 amide bonds. The van der Waals surface area contributed by atoms with E-state index in [2.05, 4.69) is 10.2 Å². The predicted octanol–water partition coefficient (Wildman–Crippen LogP) is 5.06. The van der Waals surface area contributed by atoms with Crippen LogP contribution in [0.4, 0.5) is 11.8 Å². The minimum Gasteiger partial charge on any atom is -0.389 e. The molecule has 9 nitrogen and oxygen atoms in total. The van der Waals surface area contributed by atoms with Crippen LogP contribution in [0.5, 0.6) is 0 Å². The number of fused-ring (bicyclic) bond motifs is 1. The van der Waals surface area contributed by atoms with Crippen molar-refractivity contribution in [3.63, 3.8) is 0 Å². The molecule has 4 N–H and O–H groups in total. The van der Waals surface area contributed by atoms with Gasteiger partial charge in [-0.25, -0.2) is 4.98 Å². The van der Waals surface area contributed by atoms with Crippen LogP contribution in [0.2, 0.25) is 10.0 Å². The first kappa shape index (κ1) is 27.2. The molecule has 1 saturated heterocycles. The van der Waals surface area contributed by atoms with Gasteiger partial charge in [0.2, 0.25) is 11.9 Å². The Morgan fingerprint density at radius 1 is 1.08 bits per heavy atom. The van der Waals surface area contributed by atoms with Gasteiger partial charge >= 0.3 is 0 Å². The maximum absolute atomic E-state index is 12.1. The highest BCUT2D eigenvalue weighted by atomic mass is 35.5. The minimum atomic E-state index is -0.980.